The van der Waals surface area contributed by atoms with Crippen molar-refractivity contribution in [3.8, 4) is 0 Å². The van der Waals surface area contributed by atoms with Crippen molar-refractivity contribution in [3.63, 3.8) is 0 Å². The summed E-state index contributed by atoms with van der Waals surface area (Å²) in [5, 5.41) is 10.5. The van der Waals surface area contributed by atoms with E-state index in [2.05, 4.69) is 11.1 Å². The number of hydrogen-bond donors (Lipinski definition) is 2. The van der Waals surface area contributed by atoms with Crippen LogP contribution >= 0.6 is 0 Å². The van der Waals surface area contributed by atoms with Crippen LogP contribution in [0.4, 0.5) is 4.39 Å². The first-order chi connectivity index (χ1) is 9.15. The quantitative estimate of drug-likeness (QED) is 0.871. The molecule has 1 unspecified atom stereocenters. The van der Waals surface area contributed by atoms with Crippen LogP contribution in [0.3, 0.4) is 0 Å². The minimum absolute atomic E-state index is 0.213. The largest absolute Gasteiger partial charge is 0.379 e. The Labute approximate surface area is 111 Å². The van der Waals surface area contributed by atoms with Crippen molar-refractivity contribution in [1.29, 1.82) is 0 Å². The predicted octanol–water partition coefficient (Wildman–Crippen LogP) is 2.73. The van der Waals surface area contributed by atoms with Crippen LogP contribution in [0.2, 0.25) is 0 Å². The van der Waals surface area contributed by atoms with E-state index in [9.17, 15) is 9.50 Å². The maximum Gasteiger partial charge on any atom is 0.123 e. The molecule has 0 saturated heterocycles. The molecule has 0 radical (unpaired) electrons. The topological polar surface area (TPSA) is 39.3 Å². The maximum absolute atomic E-state index is 13.4. The Morgan fingerprint density at radius 1 is 1.42 bits per heavy atom. The van der Waals surface area contributed by atoms with E-state index in [-0.39, 0.29) is 5.82 Å². The highest BCUT2D eigenvalue weighted by atomic mass is 19.1. The number of aliphatic hydroxyl groups is 1. The SMILES string of the molecule is CC(O)N1CC=C(c2c[nH]c3ccc(F)cc23)CC1. The molecule has 1 aliphatic heterocycles. The first-order valence-electron chi connectivity index (χ1n) is 6.53. The maximum atomic E-state index is 13.4. The number of benzene rings is 1. The Balaban J connectivity index is 1.95. The Kier molecular flexibility index (Phi) is 3.12. The van der Waals surface area contributed by atoms with Crippen molar-refractivity contribution in [2.75, 3.05) is 13.1 Å². The lowest BCUT2D eigenvalue weighted by Gasteiger charge is -2.28. The van der Waals surface area contributed by atoms with Crippen molar-refractivity contribution < 1.29 is 9.50 Å². The van der Waals surface area contributed by atoms with Gasteiger partial charge in [-0.15, -0.1) is 0 Å². The summed E-state index contributed by atoms with van der Waals surface area (Å²) in [6, 6.07) is 4.80. The van der Waals surface area contributed by atoms with Crippen LogP contribution < -0.4 is 0 Å². The first-order valence-corrected chi connectivity index (χ1v) is 6.53. The van der Waals surface area contributed by atoms with E-state index in [0.29, 0.717) is 0 Å². The Morgan fingerprint density at radius 2 is 2.26 bits per heavy atom. The zero-order chi connectivity index (χ0) is 13.4. The summed E-state index contributed by atoms with van der Waals surface area (Å²) < 4.78 is 13.4. The predicted molar refractivity (Wildman–Crippen MR) is 74.1 cm³/mol. The van der Waals surface area contributed by atoms with Gasteiger partial charge in [-0.1, -0.05) is 6.08 Å². The van der Waals surface area contributed by atoms with E-state index in [0.717, 1.165) is 36.0 Å². The van der Waals surface area contributed by atoms with Crippen LogP contribution in [0.25, 0.3) is 16.5 Å². The van der Waals surface area contributed by atoms with Crippen LogP contribution in [-0.2, 0) is 0 Å². The second-order valence-electron chi connectivity index (χ2n) is 5.00. The van der Waals surface area contributed by atoms with E-state index in [4.69, 9.17) is 0 Å². The van der Waals surface area contributed by atoms with Crippen LogP contribution in [0, 0.1) is 5.82 Å². The van der Waals surface area contributed by atoms with E-state index >= 15 is 0 Å². The molecule has 19 heavy (non-hydrogen) atoms. The molecule has 0 fully saturated rings. The highest BCUT2D eigenvalue weighted by Crippen LogP contribution is 2.29. The summed E-state index contributed by atoms with van der Waals surface area (Å²) in [6.07, 6.45) is 4.50. The number of aromatic nitrogens is 1. The van der Waals surface area contributed by atoms with Crippen molar-refractivity contribution in [1.82, 2.24) is 9.88 Å². The molecule has 0 saturated carbocycles. The van der Waals surface area contributed by atoms with E-state index in [1.165, 1.54) is 11.6 Å². The summed E-state index contributed by atoms with van der Waals surface area (Å²) >= 11 is 0. The van der Waals surface area contributed by atoms with E-state index < -0.39 is 6.23 Å². The zero-order valence-corrected chi connectivity index (χ0v) is 10.9. The number of hydrogen-bond acceptors (Lipinski definition) is 2. The van der Waals surface area contributed by atoms with Crippen LogP contribution in [-0.4, -0.2) is 34.3 Å². The fraction of sp³-hybridized carbons (Fsp3) is 0.333. The molecule has 2 aromatic rings. The molecular weight excluding hydrogens is 243 g/mol. The Bertz CT molecular complexity index is 630. The normalized spacial score (nSPS) is 18.6. The third-order valence-electron chi connectivity index (χ3n) is 3.76. The lowest BCUT2D eigenvalue weighted by Crippen LogP contribution is -2.36. The number of rotatable bonds is 2. The average Bonchev–Trinajstić information content (AvgIpc) is 2.81. The molecule has 1 aliphatic rings. The van der Waals surface area contributed by atoms with Gasteiger partial charge in [0.05, 0.1) is 0 Å². The molecule has 1 aromatic carbocycles. The van der Waals surface area contributed by atoms with Crippen molar-refractivity contribution in [3.05, 3.63) is 41.9 Å². The first kappa shape index (κ1) is 12.4. The van der Waals surface area contributed by atoms with Gasteiger partial charge < -0.3 is 10.1 Å². The number of fused-ring (bicyclic) bond motifs is 1. The molecule has 1 atom stereocenters. The molecule has 0 aliphatic carbocycles. The minimum Gasteiger partial charge on any atom is -0.379 e. The number of aliphatic hydroxyl groups excluding tert-OH is 1. The number of halogens is 1. The lowest BCUT2D eigenvalue weighted by molar-refractivity contribution is 0.0267. The number of nitrogens with one attached hydrogen (secondary N) is 1. The average molecular weight is 260 g/mol. The smallest absolute Gasteiger partial charge is 0.123 e. The molecule has 2 N–H and O–H groups in total. The fourth-order valence-corrected chi connectivity index (χ4v) is 2.63. The van der Waals surface area contributed by atoms with Gasteiger partial charge in [0.25, 0.3) is 0 Å². The van der Waals surface area contributed by atoms with Gasteiger partial charge in [0.15, 0.2) is 0 Å². The molecule has 3 rings (SSSR count). The van der Waals surface area contributed by atoms with Crippen molar-refractivity contribution >= 4 is 16.5 Å². The van der Waals surface area contributed by atoms with Crippen molar-refractivity contribution in [2.24, 2.45) is 0 Å². The van der Waals surface area contributed by atoms with Crippen LogP contribution in [0.5, 0.6) is 0 Å². The molecule has 4 heteroatoms. The van der Waals surface area contributed by atoms with Gasteiger partial charge in [-0.25, -0.2) is 4.39 Å². The highest BCUT2D eigenvalue weighted by Gasteiger charge is 2.18. The van der Waals surface area contributed by atoms with Gasteiger partial charge in [-0.05, 0) is 37.1 Å². The van der Waals surface area contributed by atoms with Gasteiger partial charge in [0.2, 0.25) is 0 Å². The second kappa shape index (κ2) is 4.79. The fourth-order valence-electron chi connectivity index (χ4n) is 2.63. The summed E-state index contributed by atoms with van der Waals surface area (Å²) in [7, 11) is 0. The number of nitrogens with zero attached hydrogens (tertiary/aromatic N) is 1. The van der Waals surface area contributed by atoms with Crippen LogP contribution in [0.15, 0.2) is 30.5 Å². The standard InChI is InChI=1S/C15H17FN2O/c1-10(19)18-6-4-11(5-7-18)14-9-17-15-3-2-12(16)8-13(14)15/h2-4,8-10,17,19H,5-7H2,1H3. The third kappa shape index (κ3) is 2.29. The second-order valence-corrected chi connectivity index (χ2v) is 5.00. The van der Waals surface area contributed by atoms with Gasteiger partial charge in [-0.2, -0.15) is 0 Å². The highest BCUT2D eigenvalue weighted by molar-refractivity contribution is 5.92. The Hall–Kier alpha value is -1.65. The summed E-state index contributed by atoms with van der Waals surface area (Å²) in [5.74, 6) is -0.213. The minimum atomic E-state index is -0.418. The molecular formula is C15H17FN2O. The van der Waals surface area contributed by atoms with Gasteiger partial charge in [0.1, 0.15) is 12.0 Å². The monoisotopic (exact) mass is 260 g/mol. The van der Waals surface area contributed by atoms with E-state index in [1.807, 2.05) is 11.1 Å². The number of H-pyrrole nitrogens is 1. The molecule has 3 nitrogen and oxygen atoms in total. The molecule has 0 spiro atoms. The summed E-state index contributed by atoms with van der Waals surface area (Å²) in [4.78, 5) is 5.18. The molecule has 0 bridgehead atoms. The zero-order valence-electron chi connectivity index (χ0n) is 10.9. The van der Waals surface area contributed by atoms with E-state index in [1.54, 1.807) is 19.1 Å². The Morgan fingerprint density at radius 3 is 2.95 bits per heavy atom. The summed E-state index contributed by atoms with van der Waals surface area (Å²) in [5.41, 5.74) is 3.24. The van der Waals surface area contributed by atoms with Crippen LogP contribution in [0.1, 0.15) is 18.9 Å². The van der Waals surface area contributed by atoms with Gasteiger partial charge in [0, 0.05) is 35.8 Å². The molecule has 2 heterocycles. The van der Waals surface area contributed by atoms with Gasteiger partial charge in [-0.3, -0.25) is 4.90 Å². The lowest BCUT2D eigenvalue weighted by atomic mass is 9.99. The summed E-state index contributed by atoms with van der Waals surface area (Å²) in [6.45, 7) is 3.33. The number of aromatic amines is 1. The van der Waals surface area contributed by atoms with Gasteiger partial charge >= 0.3 is 0 Å². The molecule has 0 amide bonds. The molecule has 100 valence electrons. The van der Waals surface area contributed by atoms with Crippen molar-refractivity contribution in [2.45, 2.75) is 19.6 Å². The third-order valence-corrected chi connectivity index (χ3v) is 3.76. The molecule has 1 aromatic heterocycles.